The summed E-state index contributed by atoms with van der Waals surface area (Å²) in [7, 11) is 1.64. The fourth-order valence-corrected chi connectivity index (χ4v) is 5.12. The van der Waals surface area contributed by atoms with Crippen LogP contribution in [0.4, 0.5) is 0 Å². The zero-order chi connectivity index (χ0) is 25.6. The number of rotatable bonds is 10. The molecule has 0 aliphatic heterocycles. The van der Waals surface area contributed by atoms with Crippen LogP contribution >= 0.6 is 0 Å². The molecule has 13 heteroatoms. The molecule has 9 nitrogen and oxygen atoms in total. The number of carboxylic acid groups (broad SMARTS) is 1. The van der Waals surface area contributed by atoms with Crippen molar-refractivity contribution in [2.75, 3.05) is 12.4 Å². The van der Waals surface area contributed by atoms with Gasteiger partial charge in [-0.2, -0.15) is 8.42 Å². The standard InChI is InChI=1S/C21H31B3O9S/c1-11-14(8-22)15(9-23)16(10-24)18(17(11)19(25)26)21(28)33-13-4-2-12(3-5-13)20(27)32-6-7-34(29,30)31/h12-13H,2-10,22-24H2,1H3,(H,25,26)(H,29,30,31). The molecule has 34 heavy (non-hydrogen) atoms. The maximum Gasteiger partial charge on any atom is 0.339 e. The van der Waals surface area contributed by atoms with E-state index in [1.54, 1.807) is 6.92 Å². The first-order chi connectivity index (χ1) is 15.9. The second-order valence-corrected chi connectivity index (χ2v) is 10.1. The van der Waals surface area contributed by atoms with E-state index in [1.807, 2.05) is 23.5 Å². The molecule has 2 rings (SSSR count). The van der Waals surface area contributed by atoms with Crippen LogP contribution in [0.1, 0.15) is 68.7 Å². The highest BCUT2D eigenvalue weighted by molar-refractivity contribution is 7.85. The fraction of sp³-hybridized carbons (Fsp3) is 0.571. The van der Waals surface area contributed by atoms with Gasteiger partial charge in [-0.1, -0.05) is 19.0 Å². The Hall–Kier alpha value is -2.27. The van der Waals surface area contributed by atoms with Crippen LogP contribution in [-0.4, -0.2) is 78.0 Å². The topological polar surface area (TPSA) is 144 Å². The Morgan fingerprint density at radius 2 is 1.50 bits per heavy atom. The van der Waals surface area contributed by atoms with Crippen molar-refractivity contribution in [3.05, 3.63) is 33.4 Å². The molecule has 0 aromatic heterocycles. The van der Waals surface area contributed by atoms with E-state index in [0.717, 1.165) is 11.1 Å². The minimum absolute atomic E-state index is 0.00741. The number of esters is 2. The zero-order valence-electron chi connectivity index (χ0n) is 20.2. The third-order valence-corrected chi connectivity index (χ3v) is 7.14. The van der Waals surface area contributed by atoms with Gasteiger partial charge in [0.15, 0.2) is 0 Å². The van der Waals surface area contributed by atoms with Crippen molar-refractivity contribution in [1.82, 2.24) is 0 Å². The highest BCUT2D eigenvalue weighted by Crippen LogP contribution is 2.32. The second-order valence-electron chi connectivity index (χ2n) is 8.51. The molecule has 0 unspecified atom stereocenters. The van der Waals surface area contributed by atoms with E-state index < -0.39 is 52.4 Å². The Kier molecular flexibility index (Phi) is 9.81. The zero-order valence-corrected chi connectivity index (χ0v) is 21.0. The van der Waals surface area contributed by atoms with Crippen LogP contribution in [0.5, 0.6) is 0 Å². The third-order valence-electron chi connectivity index (χ3n) is 6.45. The lowest BCUT2D eigenvalue weighted by atomic mass is 9.74. The molecule has 2 N–H and O–H groups in total. The number of hydrogen-bond donors (Lipinski definition) is 2. The minimum Gasteiger partial charge on any atom is -0.478 e. The van der Waals surface area contributed by atoms with Crippen molar-refractivity contribution >= 4 is 51.6 Å². The summed E-state index contributed by atoms with van der Waals surface area (Å²) in [6.07, 6.45) is 2.98. The number of carboxylic acids is 1. The van der Waals surface area contributed by atoms with Crippen LogP contribution in [0.3, 0.4) is 0 Å². The Bertz CT molecular complexity index is 1050. The van der Waals surface area contributed by atoms with Crippen LogP contribution < -0.4 is 0 Å². The number of hydrogen-bond acceptors (Lipinski definition) is 7. The summed E-state index contributed by atoms with van der Waals surface area (Å²) in [6.45, 7) is 1.31. The normalized spacial score (nSPS) is 18.3. The quantitative estimate of drug-likeness (QED) is 0.245. The van der Waals surface area contributed by atoms with Crippen molar-refractivity contribution in [2.45, 2.75) is 57.7 Å². The van der Waals surface area contributed by atoms with Gasteiger partial charge in [0.25, 0.3) is 10.1 Å². The molecule has 1 fully saturated rings. The number of carbonyl (C=O) groups is 3. The van der Waals surface area contributed by atoms with Gasteiger partial charge in [-0.15, -0.1) is 0 Å². The van der Waals surface area contributed by atoms with Crippen molar-refractivity contribution in [2.24, 2.45) is 5.92 Å². The van der Waals surface area contributed by atoms with E-state index in [4.69, 9.17) is 14.0 Å². The molecule has 1 aromatic carbocycles. The smallest absolute Gasteiger partial charge is 0.339 e. The molecule has 1 aromatic rings. The fourth-order valence-electron chi connectivity index (χ4n) is 4.83. The van der Waals surface area contributed by atoms with Gasteiger partial charge < -0.3 is 14.6 Å². The molecule has 0 bridgehead atoms. The number of aromatic carboxylic acids is 1. The Morgan fingerprint density at radius 1 is 0.941 bits per heavy atom. The van der Waals surface area contributed by atoms with Gasteiger partial charge in [-0.05, 0) is 54.9 Å². The van der Waals surface area contributed by atoms with Crippen LogP contribution in [-0.2, 0) is 43.3 Å². The Balaban J connectivity index is 2.16. The van der Waals surface area contributed by atoms with Crippen molar-refractivity contribution in [1.29, 1.82) is 0 Å². The van der Waals surface area contributed by atoms with Crippen LogP contribution in [0.25, 0.3) is 0 Å². The molecule has 1 aliphatic rings. The molecule has 0 atom stereocenters. The van der Waals surface area contributed by atoms with Crippen molar-refractivity contribution < 1.29 is 41.9 Å². The SMILES string of the molecule is BCc1c(C)c(C(=O)O)c(C(=O)OC2CCC(C(=O)OCCS(=O)(=O)O)CC2)c(CB)c1CB. The van der Waals surface area contributed by atoms with Crippen LogP contribution in [0.15, 0.2) is 0 Å². The van der Waals surface area contributed by atoms with Gasteiger partial charge >= 0.3 is 17.9 Å². The average molecular weight is 492 g/mol. The van der Waals surface area contributed by atoms with Gasteiger partial charge in [0.1, 0.15) is 42.0 Å². The van der Waals surface area contributed by atoms with E-state index >= 15 is 0 Å². The monoisotopic (exact) mass is 492 g/mol. The molecule has 0 amide bonds. The molecular weight excluding hydrogens is 461 g/mol. The molecule has 0 saturated heterocycles. The first kappa shape index (κ1) is 28.0. The summed E-state index contributed by atoms with van der Waals surface area (Å²) in [5.74, 6) is -3.47. The number of benzene rings is 1. The molecule has 0 radical (unpaired) electrons. The van der Waals surface area contributed by atoms with Crippen molar-refractivity contribution in [3.63, 3.8) is 0 Å². The molecule has 0 heterocycles. The van der Waals surface area contributed by atoms with Gasteiger partial charge in [-0.25, -0.2) is 9.59 Å². The lowest BCUT2D eigenvalue weighted by molar-refractivity contribution is -0.149. The molecule has 184 valence electrons. The first-order valence-corrected chi connectivity index (χ1v) is 13.3. The Labute approximate surface area is 202 Å². The second kappa shape index (κ2) is 11.9. The summed E-state index contributed by atoms with van der Waals surface area (Å²) >= 11 is 0. The van der Waals surface area contributed by atoms with Gasteiger partial charge in [0, 0.05) is 0 Å². The van der Waals surface area contributed by atoms with E-state index in [-0.39, 0.29) is 11.1 Å². The van der Waals surface area contributed by atoms with E-state index in [0.29, 0.717) is 55.8 Å². The lowest BCUT2D eigenvalue weighted by Gasteiger charge is -2.28. The van der Waals surface area contributed by atoms with Crippen LogP contribution in [0.2, 0.25) is 0 Å². The lowest BCUT2D eigenvalue weighted by Crippen LogP contribution is -2.30. The maximum absolute atomic E-state index is 13.2. The van der Waals surface area contributed by atoms with Crippen molar-refractivity contribution in [3.8, 4) is 0 Å². The summed E-state index contributed by atoms with van der Waals surface area (Å²) in [6, 6.07) is 0. The van der Waals surface area contributed by atoms with Crippen LogP contribution in [0, 0.1) is 12.8 Å². The van der Waals surface area contributed by atoms with E-state index in [9.17, 15) is 27.9 Å². The molecule has 1 saturated carbocycles. The predicted molar refractivity (Wildman–Crippen MR) is 133 cm³/mol. The van der Waals surface area contributed by atoms with E-state index in [1.165, 1.54) is 0 Å². The number of ether oxygens (including phenoxy) is 2. The highest BCUT2D eigenvalue weighted by Gasteiger charge is 2.33. The summed E-state index contributed by atoms with van der Waals surface area (Å²) in [5, 5.41) is 9.91. The Morgan fingerprint density at radius 3 is 1.97 bits per heavy atom. The summed E-state index contributed by atoms with van der Waals surface area (Å²) < 4.78 is 40.8. The predicted octanol–water partition coefficient (Wildman–Crippen LogP) is -0.761. The molecular formula is C21H31B3O9S. The third kappa shape index (κ3) is 6.66. The average Bonchev–Trinajstić information content (AvgIpc) is 2.77. The van der Waals surface area contributed by atoms with Gasteiger partial charge in [0.05, 0.1) is 17.0 Å². The van der Waals surface area contributed by atoms with Gasteiger partial charge in [0.2, 0.25) is 0 Å². The van der Waals surface area contributed by atoms with Gasteiger partial charge in [-0.3, -0.25) is 9.35 Å². The van der Waals surface area contributed by atoms with E-state index in [2.05, 4.69) is 0 Å². The largest absolute Gasteiger partial charge is 0.478 e. The first-order valence-electron chi connectivity index (χ1n) is 11.7. The molecule has 1 aliphatic carbocycles. The maximum atomic E-state index is 13.2. The minimum atomic E-state index is -4.20. The summed E-state index contributed by atoms with van der Waals surface area (Å²) in [4.78, 5) is 37.5. The highest BCUT2D eigenvalue weighted by atomic mass is 32.2. The molecule has 0 spiro atoms. The summed E-state index contributed by atoms with van der Waals surface area (Å²) in [5.41, 5.74) is 3.37. The number of carbonyl (C=O) groups excluding carboxylic acids is 2.